The van der Waals surface area contributed by atoms with Crippen molar-refractivity contribution in [3.05, 3.63) is 52.6 Å². The summed E-state index contributed by atoms with van der Waals surface area (Å²) in [6.07, 6.45) is 0. The van der Waals surface area contributed by atoms with E-state index < -0.39 is 14.9 Å². The zero-order valence-corrected chi connectivity index (χ0v) is 14.8. The van der Waals surface area contributed by atoms with E-state index in [1.54, 1.807) is 19.1 Å². The first-order valence-electron chi connectivity index (χ1n) is 7.34. The summed E-state index contributed by atoms with van der Waals surface area (Å²) < 4.78 is 37.3. The average Bonchev–Trinajstić information content (AvgIpc) is 2.62. The lowest BCUT2D eigenvalue weighted by Crippen LogP contribution is -2.30. The number of hydrogen-bond donors (Lipinski definition) is 0. The van der Waals surface area contributed by atoms with Gasteiger partial charge in [-0.1, -0.05) is 6.07 Å². The summed E-state index contributed by atoms with van der Waals surface area (Å²) in [5.74, 6) is 0.850. The van der Waals surface area contributed by atoms with Crippen LogP contribution in [-0.2, 0) is 10.0 Å². The van der Waals surface area contributed by atoms with Gasteiger partial charge in [0, 0.05) is 24.7 Å². The maximum Gasteiger partial charge on any atom is 0.270 e. The molecule has 2 aromatic rings. The van der Waals surface area contributed by atoms with E-state index in [2.05, 4.69) is 0 Å². The van der Waals surface area contributed by atoms with Gasteiger partial charge in [0.1, 0.15) is 0 Å². The van der Waals surface area contributed by atoms with Crippen LogP contribution in [0, 0.1) is 10.1 Å². The van der Waals surface area contributed by atoms with Crippen LogP contribution in [0.4, 0.5) is 11.4 Å². The minimum Gasteiger partial charge on any atom is -0.493 e. The Hall–Kier alpha value is -2.81. The molecule has 134 valence electrons. The number of non-ortho nitro benzene ring substituents is 1. The monoisotopic (exact) mass is 366 g/mol. The first-order chi connectivity index (χ1) is 11.8. The number of benzene rings is 2. The SMILES string of the molecule is CCN(c1ccc(OC)c(OC)c1)S(=O)(=O)c1cccc([N+](=O)[O-])c1. The predicted octanol–water partition coefficient (Wildman–Crippen LogP) is 2.83. The van der Waals surface area contributed by atoms with E-state index in [0.717, 1.165) is 10.4 Å². The van der Waals surface area contributed by atoms with Crippen molar-refractivity contribution in [3.63, 3.8) is 0 Å². The van der Waals surface area contributed by atoms with Crippen LogP contribution in [0.2, 0.25) is 0 Å². The molecule has 0 radical (unpaired) electrons. The van der Waals surface area contributed by atoms with Gasteiger partial charge in [-0.2, -0.15) is 0 Å². The Balaban J connectivity index is 2.52. The molecule has 9 heteroatoms. The van der Waals surface area contributed by atoms with Gasteiger partial charge >= 0.3 is 0 Å². The van der Waals surface area contributed by atoms with Crippen molar-refractivity contribution in [2.24, 2.45) is 0 Å². The molecule has 0 unspecified atom stereocenters. The molecule has 0 aliphatic rings. The second kappa shape index (κ2) is 7.39. The number of sulfonamides is 1. The summed E-state index contributed by atoms with van der Waals surface area (Å²) in [5, 5.41) is 10.9. The van der Waals surface area contributed by atoms with Crippen LogP contribution in [0.25, 0.3) is 0 Å². The second-order valence-corrected chi connectivity index (χ2v) is 6.83. The average molecular weight is 366 g/mol. The lowest BCUT2D eigenvalue weighted by molar-refractivity contribution is -0.385. The minimum absolute atomic E-state index is 0.139. The second-order valence-electron chi connectivity index (χ2n) is 4.96. The quantitative estimate of drug-likeness (QED) is 0.552. The molecule has 0 fully saturated rings. The van der Waals surface area contributed by atoms with Crippen LogP contribution in [-0.4, -0.2) is 34.1 Å². The number of hydrogen-bond acceptors (Lipinski definition) is 6. The molecule has 2 rings (SSSR count). The van der Waals surface area contributed by atoms with Crippen molar-refractivity contribution < 1.29 is 22.8 Å². The maximum absolute atomic E-state index is 12.9. The molecular formula is C16H18N2O6S. The molecule has 0 spiro atoms. The molecular weight excluding hydrogens is 348 g/mol. The van der Waals surface area contributed by atoms with Crippen LogP contribution in [0.5, 0.6) is 11.5 Å². The van der Waals surface area contributed by atoms with Crippen LogP contribution in [0.3, 0.4) is 0 Å². The fraction of sp³-hybridized carbons (Fsp3) is 0.250. The normalized spacial score (nSPS) is 11.0. The van der Waals surface area contributed by atoms with Crippen molar-refractivity contribution in [1.82, 2.24) is 0 Å². The predicted molar refractivity (Wildman–Crippen MR) is 92.8 cm³/mol. The third kappa shape index (κ3) is 3.66. The van der Waals surface area contributed by atoms with Crippen molar-refractivity contribution in [1.29, 1.82) is 0 Å². The number of methoxy groups -OCH3 is 2. The van der Waals surface area contributed by atoms with Crippen molar-refractivity contribution in [2.45, 2.75) is 11.8 Å². The van der Waals surface area contributed by atoms with Gasteiger partial charge in [-0.3, -0.25) is 14.4 Å². The van der Waals surface area contributed by atoms with Crippen molar-refractivity contribution in [3.8, 4) is 11.5 Å². The zero-order valence-electron chi connectivity index (χ0n) is 14.0. The fourth-order valence-electron chi connectivity index (χ4n) is 2.36. The first kappa shape index (κ1) is 18.5. The maximum atomic E-state index is 12.9. The molecule has 2 aromatic carbocycles. The Morgan fingerprint density at radius 3 is 2.32 bits per heavy atom. The molecule has 8 nitrogen and oxygen atoms in total. The summed E-state index contributed by atoms with van der Waals surface area (Å²) in [6.45, 7) is 1.81. The Labute approximate surface area is 145 Å². The summed E-state index contributed by atoms with van der Waals surface area (Å²) in [4.78, 5) is 10.1. The van der Waals surface area contributed by atoms with Gasteiger partial charge in [-0.15, -0.1) is 0 Å². The van der Waals surface area contributed by atoms with Crippen LogP contribution in [0.1, 0.15) is 6.92 Å². The number of nitrogens with zero attached hydrogens (tertiary/aromatic N) is 2. The van der Waals surface area contributed by atoms with Crippen molar-refractivity contribution in [2.75, 3.05) is 25.1 Å². The van der Waals surface area contributed by atoms with Gasteiger partial charge in [-0.25, -0.2) is 8.42 Å². The van der Waals surface area contributed by atoms with Gasteiger partial charge < -0.3 is 9.47 Å². The summed E-state index contributed by atoms with van der Waals surface area (Å²) in [7, 11) is -1.04. The molecule has 0 atom stereocenters. The number of nitro groups is 1. The summed E-state index contributed by atoms with van der Waals surface area (Å²) in [6, 6.07) is 9.67. The van der Waals surface area contributed by atoms with E-state index in [4.69, 9.17) is 9.47 Å². The molecule has 0 aliphatic carbocycles. The number of anilines is 1. The van der Waals surface area contributed by atoms with Crippen LogP contribution in [0.15, 0.2) is 47.4 Å². The fourth-order valence-corrected chi connectivity index (χ4v) is 3.86. The molecule has 0 N–H and O–H groups in total. The van der Waals surface area contributed by atoms with Gasteiger partial charge in [0.2, 0.25) is 0 Å². The number of ether oxygens (including phenoxy) is 2. The third-order valence-electron chi connectivity index (χ3n) is 3.56. The Morgan fingerprint density at radius 1 is 1.08 bits per heavy atom. The lowest BCUT2D eigenvalue weighted by Gasteiger charge is -2.23. The van der Waals surface area contributed by atoms with E-state index in [9.17, 15) is 18.5 Å². The highest BCUT2D eigenvalue weighted by Crippen LogP contribution is 2.34. The third-order valence-corrected chi connectivity index (χ3v) is 5.46. The minimum atomic E-state index is -3.97. The van der Waals surface area contributed by atoms with E-state index >= 15 is 0 Å². The van der Waals surface area contributed by atoms with Gasteiger partial charge in [0.05, 0.1) is 29.7 Å². The van der Waals surface area contributed by atoms with E-state index in [-0.39, 0.29) is 17.1 Å². The Bertz CT molecular complexity index is 882. The Kier molecular flexibility index (Phi) is 5.48. The molecule has 0 saturated carbocycles. The van der Waals surface area contributed by atoms with Gasteiger partial charge in [0.15, 0.2) is 11.5 Å². The van der Waals surface area contributed by atoms with Crippen LogP contribution < -0.4 is 13.8 Å². The molecule has 0 aromatic heterocycles. The molecule has 0 amide bonds. The van der Waals surface area contributed by atoms with E-state index in [1.807, 2.05) is 0 Å². The van der Waals surface area contributed by atoms with Gasteiger partial charge in [-0.05, 0) is 25.1 Å². The molecule has 0 aliphatic heterocycles. The highest BCUT2D eigenvalue weighted by Gasteiger charge is 2.26. The van der Waals surface area contributed by atoms with E-state index in [0.29, 0.717) is 17.2 Å². The first-order valence-corrected chi connectivity index (χ1v) is 8.78. The van der Waals surface area contributed by atoms with Crippen molar-refractivity contribution >= 4 is 21.4 Å². The summed E-state index contributed by atoms with van der Waals surface area (Å²) in [5.41, 5.74) is 0.0797. The molecule has 25 heavy (non-hydrogen) atoms. The summed E-state index contributed by atoms with van der Waals surface area (Å²) >= 11 is 0. The van der Waals surface area contributed by atoms with Crippen LogP contribution >= 0.6 is 0 Å². The number of rotatable bonds is 7. The smallest absolute Gasteiger partial charge is 0.270 e. The largest absolute Gasteiger partial charge is 0.493 e. The molecule has 0 saturated heterocycles. The zero-order chi connectivity index (χ0) is 18.6. The lowest BCUT2D eigenvalue weighted by atomic mass is 10.2. The Morgan fingerprint density at radius 2 is 1.76 bits per heavy atom. The highest BCUT2D eigenvalue weighted by atomic mass is 32.2. The molecule has 0 bridgehead atoms. The number of nitro benzene ring substituents is 1. The standard InChI is InChI=1S/C16H18N2O6S/c1-4-17(12-8-9-15(23-2)16(11-12)24-3)25(21,22)14-7-5-6-13(10-14)18(19)20/h5-11H,4H2,1-3H3. The molecule has 0 heterocycles. The highest BCUT2D eigenvalue weighted by molar-refractivity contribution is 7.92. The van der Waals surface area contributed by atoms with E-state index in [1.165, 1.54) is 38.5 Å². The topological polar surface area (TPSA) is 99.0 Å². The van der Waals surface area contributed by atoms with Gasteiger partial charge in [0.25, 0.3) is 15.7 Å².